The van der Waals surface area contributed by atoms with Gasteiger partial charge in [-0.2, -0.15) is 9.30 Å². The molecule has 0 radical (unpaired) electrons. The van der Waals surface area contributed by atoms with Gasteiger partial charge in [-0.15, -0.1) is 6.42 Å². The lowest BCUT2D eigenvalue weighted by atomic mass is 10.2. The summed E-state index contributed by atoms with van der Waals surface area (Å²) in [5.74, 6) is 1.43. The van der Waals surface area contributed by atoms with E-state index in [9.17, 15) is 17.6 Å². The third-order valence-corrected chi connectivity index (χ3v) is 7.76. The van der Waals surface area contributed by atoms with Crippen LogP contribution in [0.25, 0.3) is 10.2 Å². The fourth-order valence-corrected chi connectivity index (χ4v) is 5.72. The largest absolute Gasteiger partial charge is 0.379 e. The van der Waals surface area contributed by atoms with Gasteiger partial charge in [0.05, 0.1) is 34.9 Å². The van der Waals surface area contributed by atoms with Gasteiger partial charge in [-0.05, 0) is 36.4 Å². The fraction of sp³-hybridized carbons (Fsp3) is 0.238. The third kappa shape index (κ3) is 4.18. The second-order valence-corrected chi connectivity index (χ2v) is 9.67. The molecule has 0 atom stereocenters. The highest BCUT2D eigenvalue weighted by molar-refractivity contribution is 7.89. The SMILES string of the molecule is C#CCn1c(=NC(=O)c2ccc(S(=O)(=O)N3CCOCC3)cc2)sc2cccc(F)c21. The number of halogens is 1. The number of hydrogen-bond acceptors (Lipinski definition) is 5. The van der Waals surface area contributed by atoms with Gasteiger partial charge in [0, 0.05) is 18.7 Å². The first-order valence-electron chi connectivity index (χ1n) is 9.40. The molecule has 1 aromatic heterocycles. The number of carbonyl (C=O) groups excluding carboxylic acids is 1. The Morgan fingerprint density at radius 2 is 1.90 bits per heavy atom. The number of ether oxygens (including phenoxy) is 1. The van der Waals surface area contributed by atoms with Crippen LogP contribution in [0, 0.1) is 18.2 Å². The molecule has 0 saturated carbocycles. The third-order valence-electron chi connectivity index (χ3n) is 4.81. The average molecular weight is 460 g/mol. The van der Waals surface area contributed by atoms with Crippen LogP contribution < -0.4 is 4.80 Å². The van der Waals surface area contributed by atoms with E-state index in [1.165, 1.54) is 39.2 Å². The van der Waals surface area contributed by atoms with Crippen molar-refractivity contribution in [3.63, 3.8) is 0 Å². The molecule has 0 unspecified atom stereocenters. The van der Waals surface area contributed by atoms with Gasteiger partial charge in [0.1, 0.15) is 5.82 Å². The van der Waals surface area contributed by atoms with Crippen LogP contribution in [-0.4, -0.2) is 49.5 Å². The van der Waals surface area contributed by atoms with E-state index in [4.69, 9.17) is 11.2 Å². The zero-order chi connectivity index (χ0) is 22.0. The molecule has 1 amide bonds. The van der Waals surface area contributed by atoms with Gasteiger partial charge in [0.2, 0.25) is 10.0 Å². The highest BCUT2D eigenvalue weighted by atomic mass is 32.2. The van der Waals surface area contributed by atoms with Crippen LogP contribution in [0.2, 0.25) is 0 Å². The summed E-state index contributed by atoms with van der Waals surface area (Å²) >= 11 is 1.15. The van der Waals surface area contributed by atoms with E-state index >= 15 is 0 Å². The predicted octanol–water partition coefficient (Wildman–Crippen LogP) is 2.24. The van der Waals surface area contributed by atoms with E-state index in [1.54, 1.807) is 12.1 Å². The van der Waals surface area contributed by atoms with Gasteiger partial charge in [0.25, 0.3) is 5.91 Å². The second kappa shape index (κ2) is 8.72. The molecule has 10 heteroatoms. The van der Waals surface area contributed by atoms with Crippen LogP contribution in [0.1, 0.15) is 10.4 Å². The van der Waals surface area contributed by atoms with Crippen molar-refractivity contribution in [3.05, 3.63) is 58.6 Å². The molecule has 2 heterocycles. The van der Waals surface area contributed by atoms with Crippen molar-refractivity contribution in [2.24, 2.45) is 4.99 Å². The molecular formula is C21H18FN3O4S2. The number of rotatable bonds is 4. The van der Waals surface area contributed by atoms with Crippen LogP contribution in [0.15, 0.2) is 52.4 Å². The molecular weight excluding hydrogens is 441 g/mol. The molecule has 31 heavy (non-hydrogen) atoms. The summed E-state index contributed by atoms with van der Waals surface area (Å²) < 4.78 is 48.3. The van der Waals surface area contributed by atoms with E-state index < -0.39 is 21.7 Å². The molecule has 1 aliphatic heterocycles. The summed E-state index contributed by atoms with van der Waals surface area (Å²) in [6.45, 7) is 1.33. The summed E-state index contributed by atoms with van der Waals surface area (Å²) in [7, 11) is -3.65. The lowest BCUT2D eigenvalue weighted by molar-refractivity contribution is 0.0730. The zero-order valence-electron chi connectivity index (χ0n) is 16.3. The summed E-state index contributed by atoms with van der Waals surface area (Å²) in [5.41, 5.74) is 0.509. The Bertz CT molecular complexity index is 1350. The van der Waals surface area contributed by atoms with Crippen molar-refractivity contribution in [3.8, 4) is 12.3 Å². The number of morpholine rings is 1. The number of fused-ring (bicyclic) bond motifs is 1. The van der Waals surface area contributed by atoms with Crippen molar-refractivity contribution in [1.82, 2.24) is 8.87 Å². The van der Waals surface area contributed by atoms with E-state index in [0.717, 1.165) is 11.3 Å². The molecule has 0 bridgehead atoms. The van der Waals surface area contributed by atoms with Gasteiger partial charge < -0.3 is 9.30 Å². The lowest BCUT2D eigenvalue weighted by Gasteiger charge is -2.26. The summed E-state index contributed by atoms with van der Waals surface area (Å²) in [4.78, 5) is 17.2. The topological polar surface area (TPSA) is 81.0 Å². The van der Waals surface area contributed by atoms with Crippen LogP contribution in [0.3, 0.4) is 0 Å². The minimum Gasteiger partial charge on any atom is -0.379 e. The second-order valence-electron chi connectivity index (χ2n) is 6.72. The monoisotopic (exact) mass is 459 g/mol. The van der Waals surface area contributed by atoms with E-state index in [1.807, 2.05) is 0 Å². The van der Waals surface area contributed by atoms with Crippen LogP contribution in [0.5, 0.6) is 0 Å². The minimum absolute atomic E-state index is 0.0593. The zero-order valence-corrected chi connectivity index (χ0v) is 18.0. The predicted molar refractivity (Wildman–Crippen MR) is 115 cm³/mol. The van der Waals surface area contributed by atoms with Crippen LogP contribution in [0.4, 0.5) is 4.39 Å². The van der Waals surface area contributed by atoms with Crippen LogP contribution >= 0.6 is 11.3 Å². The molecule has 4 rings (SSSR count). The quantitative estimate of drug-likeness (QED) is 0.561. The Hall–Kier alpha value is -2.84. The highest BCUT2D eigenvalue weighted by Crippen LogP contribution is 2.21. The lowest BCUT2D eigenvalue weighted by Crippen LogP contribution is -2.40. The normalized spacial score (nSPS) is 15.8. The first-order chi connectivity index (χ1) is 14.9. The number of aromatic nitrogens is 1. The Balaban J connectivity index is 1.67. The first kappa shape index (κ1) is 21.4. The molecule has 1 aliphatic rings. The minimum atomic E-state index is -3.65. The molecule has 2 aromatic carbocycles. The number of terminal acetylenes is 1. The van der Waals surface area contributed by atoms with Crippen molar-refractivity contribution in [2.75, 3.05) is 26.3 Å². The maximum absolute atomic E-state index is 14.3. The molecule has 7 nitrogen and oxygen atoms in total. The number of carbonyl (C=O) groups is 1. The molecule has 0 spiro atoms. The Kier molecular flexibility index (Phi) is 6.02. The van der Waals surface area contributed by atoms with Gasteiger partial charge in [-0.25, -0.2) is 12.8 Å². The summed E-state index contributed by atoms with van der Waals surface area (Å²) in [5, 5.41) is 0. The molecule has 1 saturated heterocycles. The number of nitrogens with zero attached hydrogens (tertiary/aromatic N) is 3. The molecule has 0 aliphatic carbocycles. The Morgan fingerprint density at radius 1 is 1.19 bits per heavy atom. The van der Waals surface area contributed by atoms with E-state index in [-0.39, 0.29) is 34.9 Å². The Labute approximate surface area is 182 Å². The van der Waals surface area contributed by atoms with Gasteiger partial charge in [-0.1, -0.05) is 23.3 Å². The van der Waals surface area contributed by atoms with Crippen molar-refractivity contribution >= 4 is 37.5 Å². The van der Waals surface area contributed by atoms with Gasteiger partial charge in [0.15, 0.2) is 4.80 Å². The average Bonchev–Trinajstić information content (AvgIpc) is 3.13. The van der Waals surface area contributed by atoms with Crippen LogP contribution in [-0.2, 0) is 21.3 Å². The fourth-order valence-electron chi connectivity index (χ4n) is 3.27. The maximum atomic E-state index is 14.3. The molecule has 3 aromatic rings. The van der Waals surface area contributed by atoms with Gasteiger partial charge >= 0.3 is 0 Å². The number of amides is 1. The number of sulfonamides is 1. The Morgan fingerprint density at radius 3 is 2.58 bits per heavy atom. The summed E-state index contributed by atoms with van der Waals surface area (Å²) in [6, 6.07) is 10.2. The van der Waals surface area contributed by atoms with Crippen molar-refractivity contribution in [2.45, 2.75) is 11.4 Å². The number of thiazole rings is 1. The number of hydrogen-bond donors (Lipinski definition) is 0. The van der Waals surface area contributed by atoms with Crippen molar-refractivity contribution in [1.29, 1.82) is 0 Å². The smallest absolute Gasteiger partial charge is 0.279 e. The van der Waals surface area contributed by atoms with Crippen molar-refractivity contribution < 1.29 is 22.3 Å². The first-order valence-corrected chi connectivity index (χ1v) is 11.7. The molecule has 160 valence electrons. The van der Waals surface area contributed by atoms with Gasteiger partial charge in [-0.3, -0.25) is 4.79 Å². The molecule has 1 fully saturated rings. The number of para-hydroxylation sites is 1. The van der Waals surface area contributed by atoms with E-state index in [0.29, 0.717) is 23.4 Å². The highest BCUT2D eigenvalue weighted by Gasteiger charge is 2.26. The molecule has 0 N–H and O–H groups in total. The number of benzene rings is 2. The maximum Gasteiger partial charge on any atom is 0.279 e. The van der Waals surface area contributed by atoms with E-state index in [2.05, 4.69) is 10.9 Å². The standard InChI is InChI=1S/C21H18FN3O4S2/c1-2-10-25-19-17(22)4-3-5-18(19)30-21(25)23-20(26)15-6-8-16(9-7-15)31(27,28)24-11-13-29-14-12-24/h1,3-9H,10-14H2. The summed E-state index contributed by atoms with van der Waals surface area (Å²) in [6.07, 6.45) is 5.41.